The third kappa shape index (κ3) is 3.54. The number of rotatable bonds is 7. The zero-order chi connectivity index (χ0) is 13.8. The number of H-pyrrole nitrogens is 1. The van der Waals surface area contributed by atoms with Crippen LogP contribution in [0.15, 0.2) is 5.03 Å². The highest BCUT2D eigenvalue weighted by atomic mass is 32.2. The molecule has 0 aromatic carbocycles. The summed E-state index contributed by atoms with van der Waals surface area (Å²) < 4.78 is 27.1. The summed E-state index contributed by atoms with van der Waals surface area (Å²) in [7, 11) is -1.77. The third-order valence-electron chi connectivity index (χ3n) is 2.72. The minimum atomic E-state index is -3.55. The number of nitrogens with zero attached hydrogens (tertiary/aromatic N) is 1. The standard InChI is InChI=1S/C11H22N4O2S/c1-5-6-8(2)15-18(16,17)11-10(7-12-4)9(3)13-14-11/h8,12,15H,5-7H2,1-4H3,(H,13,14). The molecule has 1 rings (SSSR count). The quantitative estimate of drug-likeness (QED) is 0.689. The Kier molecular flexibility index (Phi) is 5.30. The van der Waals surface area contributed by atoms with E-state index in [2.05, 4.69) is 20.2 Å². The molecule has 1 aromatic heterocycles. The number of sulfonamides is 1. The van der Waals surface area contributed by atoms with Gasteiger partial charge in [0.2, 0.25) is 0 Å². The molecule has 3 N–H and O–H groups in total. The molecule has 0 saturated heterocycles. The summed E-state index contributed by atoms with van der Waals surface area (Å²) in [6.07, 6.45) is 1.75. The van der Waals surface area contributed by atoms with Crippen LogP contribution in [-0.2, 0) is 16.6 Å². The Hall–Kier alpha value is -0.920. The van der Waals surface area contributed by atoms with E-state index >= 15 is 0 Å². The molecule has 0 amide bonds. The van der Waals surface area contributed by atoms with Crippen molar-refractivity contribution in [2.24, 2.45) is 0 Å². The lowest BCUT2D eigenvalue weighted by molar-refractivity contribution is 0.539. The second kappa shape index (κ2) is 6.31. The number of aromatic nitrogens is 2. The normalized spacial score (nSPS) is 13.8. The Labute approximate surface area is 109 Å². The Morgan fingerprint density at radius 1 is 1.44 bits per heavy atom. The van der Waals surface area contributed by atoms with Crippen LogP contribution in [0.1, 0.15) is 37.9 Å². The van der Waals surface area contributed by atoms with E-state index in [1.807, 2.05) is 20.8 Å². The molecule has 0 aliphatic heterocycles. The van der Waals surface area contributed by atoms with E-state index in [0.717, 1.165) is 18.5 Å². The Balaban J connectivity index is 2.98. The number of hydrogen-bond donors (Lipinski definition) is 3. The third-order valence-corrected chi connectivity index (χ3v) is 4.28. The largest absolute Gasteiger partial charge is 0.316 e. The molecule has 0 saturated carbocycles. The van der Waals surface area contributed by atoms with Crippen LogP contribution >= 0.6 is 0 Å². The van der Waals surface area contributed by atoms with E-state index in [9.17, 15) is 8.42 Å². The summed E-state index contributed by atoms with van der Waals surface area (Å²) in [6, 6.07) is -0.0839. The second-order valence-corrected chi connectivity index (χ2v) is 6.10. The second-order valence-electron chi connectivity index (χ2n) is 4.47. The highest BCUT2D eigenvalue weighted by Crippen LogP contribution is 2.16. The summed E-state index contributed by atoms with van der Waals surface area (Å²) in [5.41, 5.74) is 1.46. The van der Waals surface area contributed by atoms with E-state index in [0.29, 0.717) is 12.1 Å². The van der Waals surface area contributed by atoms with Gasteiger partial charge in [-0.3, -0.25) is 5.10 Å². The maximum atomic E-state index is 12.2. The molecule has 0 spiro atoms. The van der Waals surface area contributed by atoms with Crippen molar-refractivity contribution in [2.45, 2.75) is 51.2 Å². The lowest BCUT2D eigenvalue weighted by Crippen LogP contribution is -2.33. The molecular weight excluding hydrogens is 252 g/mol. The molecule has 1 atom stereocenters. The molecule has 18 heavy (non-hydrogen) atoms. The lowest BCUT2D eigenvalue weighted by Gasteiger charge is -2.12. The molecule has 1 heterocycles. The van der Waals surface area contributed by atoms with Crippen LogP contribution in [0.3, 0.4) is 0 Å². The maximum absolute atomic E-state index is 12.2. The Bertz CT molecular complexity index is 481. The smallest absolute Gasteiger partial charge is 0.260 e. The van der Waals surface area contributed by atoms with Crippen LogP contribution in [0.25, 0.3) is 0 Å². The molecular formula is C11H22N4O2S. The van der Waals surface area contributed by atoms with Crippen LogP contribution < -0.4 is 10.0 Å². The fourth-order valence-corrected chi connectivity index (χ4v) is 3.32. The maximum Gasteiger partial charge on any atom is 0.260 e. The summed E-state index contributed by atoms with van der Waals surface area (Å²) in [4.78, 5) is 0. The summed E-state index contributed by atoms with van der Waals surface area (Å²) in [6.45, 7) is 6.17. The zero-order valence-corrected chi connectivity index (χ0v) is 12.2. The van der Waals surface area contributed by atoms with E-state index in [4.69, 9.17) is 0 Å². The summed E-state index contributed by atoms with van der Waals surface area (Å²) in [5, 5.41) is 9.67. The molecule has 7 heteroatoms. The first-order valence-corrected chi connectivity index (χ1v) is 7.61. The van der Waals surface area contributed by atoms with Crippen LogP contribution in [-0.4, -0.2) is 31.7 Å². The molecule has 1 aromatic rings. The van der Waals surface area contributed by atoms with Gasteiger partial charge in [-0.05, 0) is 27.3 Å². The van der Waals surface area contributed by atoms with Gasteiger partial charge in [-0.15, -0.1) is 0 Å². The lowest BCUT2D eigenvalue weighted by atomic mass is 10.2. The van der Waals surface area contributed by atoms with Crippen molar-refractivity contribution in [3.8, 4) is 0 Å². The van der Waals surface area contributed by atoms with Crippen LogP contribution in [0.5, 0.6) is 0 Å². The van der Waals surface area contributed by atoms with Crippen molar-refractivity contribution < 1.29 is 8.42 Å². The minimum absolute atomic E-state index is 0.0839. The number of hydrogen-bond acceptors (Lipinski definition) is 4. The first kappa shape index (κ1) is 15.1. The van der Waals surface area contributed by atoms with E-state index in [-0.39, 0.29) is 11.1 Å². The van der Waals surface area contributed by atoms with Crippen molar-refractivity contribution in [1.82, 2.24) is 20.2 Å². The monoisotopic (exact) mass is 274 g/mol. The van der Waals surface area contributed by atoms with Gasteiger partial charge in [0.15, 0.2) is 5.03 Å². The molecule has 0 radical (unpaired) electrons. The van der Waals surface area contributed by atoms with Gasteiger partial charge in [-0.1, -0.05) is 13.3 Å². The Morgan fingerprint density at radius 3 is 2.67 bits per heavy atom. The van der Waals surface area contributed by atoms with Gasteiger partial charge in [0.25, 0.3) is 10.0 Å². The zero-order valence-electron chi connectivity index (χ0n) is 11.4. The number of nitrogens with one attached hydrogen (secondary N) is 3. The predicted octanol–water partition coefficient (Wildman–Crippen LogP) is 0.904. The number of aromatic amines is 1. The van der Waals surface area contributed by atoms with E-state index < -0.39 is 10.0 Å². The molecule has 6 nitrogen and oxygen atoms in total. The molecule has 0 bridgehead atoms. The number of aryl methyl sites for hydroxylation is 1. The van der Waals surface area contributed by atoms with Crippen molar-refractivity contribution in [2.75, 3.05) is 7.05 Å². The first-order chi connectivity index (χ1) is 8.42. The highest BCUT2D eigenvalue weighted by molar-refractivity contribution is 7.89. The predicted molar refractivity (Wildman–Crippen MR) is 70.8 cm³/mol. The average Bonchev–Trinajstić information content (AvgIpc) is 2.61. The molecule has 1 unspecified atom stereocenters. The van der Waals surface area contributed by atoms with Gasteiger partial charge in [0.05, 0.1) is 0 Å². The molecule has 0 aliphatic rings. The van der Waals surface area contributed by atoms with Crippen molar-refractivity contribution >= 4 is 10.0 Å². The van der Waals surface area contributed by atoms with Gasteiger partial charge in [-0.2, -0.15) is 5.10 Å². The van der Waals surface area contributed by atoms with Gasteiger partial charge < -0.3 is 5.32 Å². The van der Waals surface area contributed by atoms with Crippen LogP contribution in [0, 0.1) is 6.92 Å². The van der Waals surface area contributed by atoms with Gasteiger partial charge in [-0.25, -0.2) is 13.1 Å². The Morgan fingerprint density at radius 2 is 2.11 bits per heavy atom. The SMILES string of the molecule is CCCC(C)NS(=O)(=O)c1n[nH]c(C)c1CNC. The van der Waals surface area contributed by atoms with Crippen molar-refractivity contribution in [3.63, 3.8) is 0 Å². The van der Waals surface area contributed by atoms with Gasteiger partial charge in [0, 0.05) is 23.8 Å². The van der Waals surface area contributed by atoms with Gasteiger partial charge >= 0.3 is 0 Å². The molecule has 0 aliphatic carbocycles. The van der Waals surface area contributed by atoms with E-state index in [1.54, 1.807) is 7.05 Å². The average molecular weight is 274 g/mol. The molecule has 104 valence electrons. The van der Waals surface area contributed by atoms with Crippen LogP contribution in [0.2, 0.25) is 0 Å². The topological polar surface area (TPSA) is 86.9 Å². The molecule has 0 fully saturated rings. The van der Waals surface area contributed by atoms with E-state index in [1.165, 1.54) is 0 Å². The minimum Gasteiger partial charge on any atom is -0.316 e. The summed E-state index contributed by atoms with van der Waals surface area (Å²) >= 11 is 0. The van der Waals surface area contributed by atoms with Gasteiger partial charge in [0.1, 0.15) is 0 Å². The summed E-state index contributed by atoms with van der Waals surface area (Å²) in [5.74, 6) is 0. The highest BCUT2D eigenvalue weighted by Gasteiger charge is 2.24. The van der Waals surface area contributed by atoms with Crippen LogP contribution in [0.4, 0.5) is 0 Å². The fourth-order valence-electron chi connectivity index (χ4n) is 1.85. The first-order valence-electron chi connectivity index (χ1n) is 6.13. The van der Waals surface area contributed by atoms with Crippen molar-refractivity contribution in [1.29, 1.82) is 0 Å². The van der Waals surface area contributed by atoms with Crippen molar-refractivity contribution in [3.05, 3.63) is 11.3 Å². The fraction of sp³-hybridized carbons (Fsp3) is 0.727.